The molecule has 0 aliphatic carbocycles. The van der Waals surface area contributed by atoms with E-state index in [1.54, 1.807) is 6.07 Å². The van der Waals surface area contributed by atoms with Gasteiger partial charge in [-0.15, -0.1) is 0 Å². The van der Waals surface area contributed by atoms with E-state index in [1.165, 1.54) is 0 Å². The summed E-state index contributed by atoms with van der Waals surface area (Å²) in [5.41, 5.74) is 2.20. The zero-order valence-corrected chi connectivity index (χ0v) is 11.8. The number of aryl methyl sites for hydroxylation is 1. The first-order chi connectivity index (χ1) is 8.97. The van der Waals surface area contributed by atoms with Gasteiger partial charge in [-0.05, 0) is 57.5 Å². The third-order valence-electron chi connectivity index (χ3n) is 4.04. The lowest BCUT2D eigenvalue weighted by molar-refractivity contribution is 0.0696. The number of nitrogens with one attached hydrogen (secondary N) is 1. The van der Waals surface area contributed by atoms with Crippen LogP contribution in [0.4, 0.5) is 5.69 Å². The topological polar surface area (TPSA) is 52.6 Å². The van der Waals surface area contributed by atoms with Crippen molar-refractivity contribution in [1.82, 2.24) is 4.90 Å². The third kappa shape index (κ3) is 3.26. The van der Waals surface area contributed by atoms with Crippen LogP contribution in [-0.4, -0.2) is 41.7 Å². The highest BCUT2D eigenvalue weighted by Gasteiger charge is 2.22. The molecule has 0 bridgehead atoms. The van der Waals surface area contributed by atoms with Crippen molar-refractivity contribution < 1.29 is 9.90 Å². The Morgan fingerprint density at radius 2 is 2.21 bits per heavy atom. The van der Waals surface area contributed by atoms with E-state index in [2.05, 4.69) is 24.2 Å². The fourth-order valence-corrected chi connectivity index (χ4v) is 2.65. The fraction of sp³-hybridized carbons (Fsp3) is 0.533. The quantitative estimate of drug-likeness (QED) is 0.879. The summed E-state index contributed by atoms with van der Waals surface area (Å²) in [7, 11) is 2.16. The lowest BCUT2D eigenvalue weighted by Gasteiger charge is -2.35. The van der Waals surface area contributed by atoms with Crippen LogP contribution in [0.25, 0.3) is 0 Å². The van der Waals surface area contributed by atoms with E-state index in [0.29, 0.717) is 17.6 Å². The molecule has 0 saturated carbocycles. The van der Waals surface area contributed by atoms with E-state index in [1.807, 2.05) is 19.1 Å². The second-order valence-corrected chi connectivity index (χ2v) is 5.53. The molecule has 104 valence electrons. The van der Waals surface area contributed by atoms with E-state index in [-0.39, 0.29) is 0 Å². The van der Waals surface area contributed by atoms with Gasteiger partial charge in [0.25, 0.3) is 0 Å². The van der Waals surface area contributed by atoms with Gasteiger partial charge in [0.2, 0.25) is 0 Å². The molecule has 0 aromatic heterocycles. The molecule has 1 fully saturated rings. The number of benzene rings is 1. The van der Waals surface area contributed by atoms with Crippen molar-refractivity contribution in [2.24, 2.45) is 0 Å². The number of carboxylic acids is 1. The number of nitrogens with zero attached hydrogens (tertiary/aromatic N) is 1. The lowest BCUT2D eigenvalue weighted by atomic mass is 9.98. The van der Waals surface area contributed by atoms with Crippen LogP contribution in [0.1, 0.15) is 35.7 Å². The summed E-state index contributed by atoms with van der Waals surface area (Å²) in [6.07, 6.45) is 2.25. The molecule has 19 heavy (non-hydrogen) atoms. The molecule has 2 rings (SSSR count). The predicted octanol–water partition coefficient (Wildman–Crippen LogP) is 2.59. The van der Waals surface area contributed by atoms with Gasteiger partial charge in [-0.3, -0.25) is 0 Å². The molecular formula is C15H22N2O2. The summed E-state index contributed by atoms with van der Waals surface area (Å²) in [6, 6.07) is 6.52. The molecule has 0 amide bonds. The summed E-state index contributed by atoms with van der Waals surface area (Å²) < 4.78 is 0. The van der Waals surface area contributed by atoms with Crippen molar-refractivity contribution in [2.75, 3.05) is 18.9 Å². The van der Waals surface area contributed by atoms with Crippen molar-refractivity contribution in [3.05, 3.63) is 29.3 Å². The van der Waals surface area contributed by atoms with E-state index in [9.17, 15) is 4.79 Å². The molecule has 0 radical (unpaired) electrons. The highest BCUT2D eigenvalue weighted by atomic mass is 16.4. The number of hydrogen-bond donors (Lipinski definition) is 2. The zero-order chi connectivity index (χ0) is 14.0. The summed E-state index contributed by atoms with van der Waals surface area (Å²) in [6.45, 7) is 5.18. The number of piperidine rings is 1. The first kappa shape index (κ1) is 13.9. The normalized spacial score (nSPS) is 24.2. The van der Waals surface area contributed by atoms with E-state index in [4.69, 9.17) is 5.11 Å². The van der Waals surface area contributed by atoms with Crippen molar-refractivity contribution in [3.63, 3.8) is 0 Å². The van der Waals surface area contributed by atoms with Crippen molar-refractivity contribution >= 4 is 11.7 Å². The minimum absolute atomic E-state index is 0.377. The smallest absolute Gasteiger partial charge is 0.335 e. The number of carboxylic acid groups (broad SMARTS) is 1. The molecule has 1 saturated heterocycles. The Bertz CT molecular complexity index is 473. The van der Waals surface area contributed by atoms with Crippen LogP contribution in [0, 0.1) is 6.92 Å². The van der Waals surface area contributed by atoms with Crippen LogP contribution in [0.3, 0.4) is 0 Å². The molecule has 4 heteroatoms. The Kier molecular flexibility index (Phi) is 4.10. The second-order valence-electron chi connectivity index (χ2n) is 5.53. The predicted molar refractivity (Wildman–Crippen MR) is 76.9 cm³/mol. The van der Waals surface area contributed by atoms with Gasteiger partial charge in [0, 0.05) is 24.3 Å². The highest BCUT2D eigenvalue weighted by Crippen LogP contribution is 2.21. The Hall–Kier alpha value is -1.55. The minimum Gasteiger partial charge on any atom is -0.478 e. The molecular weight excluding hydrogens is 240 g/mol. The number of likely N-dealkylation sites (tertiary alicyclic amines) is 1. The first-order valence-corrected chi connectivity index (χ1v) is 6.78. The molecule has 1 aromatic carbocycles. The lowest BCUT2D eigenvalue weighted by Crippen LogP contribution is -2.42. The maximum Gasteiger partial charge on any atom is 0.335 e. The molecule has 1 aromatic rings. The Morgan fingerprint density at radius 1 is 1.47 bits per heavy atom. The van der Waals surface area contributed by atoms with Crippen LogP contribution in [0.5, 0.6) is 0 Å². The third-order valence-corrected chi connectivity index (χ3v) is 4.04. The van der Waals surface area contributed by atoms with Crippen molar-refractivity contribution in [1.29, 1.82) is 0 Å². The average Bonchev–Trinajstić information content (AvgIpc) is 2.33. The fourth-order valence-electron chi connectivity index (χ4n) is 2.65. The van der Waals surface area contributed by atoms with Crippen LogP contribution in [-0.2, 0) is 0 Å². The second kappa shape index (κ2) is 5.61. The summed E-state index contributed by atoms with van der Waals surface area (Å²) in [5, 5.41) is 12.5. The summed E-state index contributed by atoms with van der Waals surface area (Å²) >= 11 is 0. The van der Waals surface area contributed by atoms with Crippen LogP contribution >= 0.6 is 0 Å². The number of carbonyl (C=O) groups is 1. The summed E-state index contributed by atoms with van der Waals surface area (Å²) in [5.74, 6) is -0.864. The van der Waals surface area contributed by atoms with E-state index >= 15 is 0 Å². The maximum atomic E-state index is 11.0. The number of rotatable bonds is 3. The van der Waals surface area contributed by atoms with E-state index in [0.717, 1.165) is 30.6 Å². The molecule has 4 nitrogen and oxygen atoms in total. The maximum absolute atomic E-state index is 11.0. The van der Waals surface area contributed by atoms with Crippen molar-refractivity contribution in [2.45, 2.75) is 38.8 Å². The van der Waals surface area contributed by atoms with Gasteiger partial charge in [0.1, 0.15) is 0 Å². The molecule has 2 unspecified atom stereocenters. The Morgan fingerprint density at radius 3 is 2.79 bits per heavy atom. The summed E-state index contributed by atoms with van der Waals surface area (Å²) in [4.78, 5) is 13.3. The van der Waals surface area contributed by atoms with Gasteiger partial charge in [0.15, 0.2) is 0 Å². The van der Waals surface area contributed by atoms with Gasteiger partial charge in [0.05, 0.1) is 5.56 Å². The van der Waals surface area contributed by atoms with Crippen LogP contribution in [0.15, 0.2) is 18.2 Å². The molecule has 0 spiro atoms. The molecule has 2 atom stereocenters. The van der Waals surface area contributed by atoms with Gasteiger partial charge in [-0.1, -0.05) is 0 Å². The van der Waals surface area contributed by atoms with Crippen LogP contribution < -0.4 is 5.32 Å². The number of anilines is 1. The van der Waals surface area contributed by atoms with Crippen molar-refractivity contribution in [3.8, 4) is 0 Å². The number of hydrogen-bond acceptors (Lipinski definition) is 3. The standard InChI is InChI=1S/C15H22N2O2/c1-10-8-12(4-5-14(10)15(18)19)16-13-6-7-17(3)11(2)9-13/h4-5,8,11,13,16H,6-7,9H2,1-3H3,(H,18,19). The first-order valence-electron chi connectivity index (χ1n) is 6.78. The van der Waals surface area contributed by atoms with Gasteiger partial charge < -0.3 is 15.3 Å². The zero-order valence-electron chi connectivity index (χ0n) is 11.8. The minimum atomic E-state index is -0.864. The van der Waals surface area contributed by atoms with Gasteiger partial charge in [-0.25, -0.2) is 4.79 Å². The van der Waals surface area contributed by atoms with Gasteiger partial charge >= 0.3 is 5.97 Å². The van der Waals surface area contributed by atoms with Gasteiger partial charge in [-0.2, -0.15) is 0 Å². The molecule has 2 N–H and O–H groups in total. The largest absolute Gasteiger partial charge is 0.478 e. The Labute approximate surface area is 114 Å². The molecule has 1 aliphatic rings. The molecule has 1 aliphatic heterocycles. The Balaban J connectivity index is 2.04. The monoisotopic (exact) mass is 262 g/mol. The highest BCUT2D eigenvalue weighted by molar-refractivity contribution is 5.89. The molecule has 1 heterocycles. The number of aromatic carboxylic acids is 1. The average molecular weight is 262 g/mol. The SMILES string of the molecule is Cc1cc(NC2CCN(C)C(C)C2)ccc1C(=O)O. The van der Waals surface area contributed by atoms with Crippen LogP contribution in [0.2, 0.25) is 0 Å². The van der Waals surface area contributed by atoms with E-state index < -0.39 is 5.97 Å².